The van der Waals surface area contributed by atoms with Crippen molar-refractivity contribution in [3.8, 4) is 0 Å². The van der Waals surface area contributed by atoms with Crippen molar-refractivity contribution in [2.24, 2.45) is 0 Å². The first-order valence-corrected chi connectivity index (χ1v) is 9.92. The lowest BCUT2D eigenvalue weighted by molar-refractivity contribution is -0.124. The lowest BCUT2D eigenvalue weighted by Crippen LogP contribution is -2.31. The highest BCUT2D eigenvalue weighted by Crippen LogP contribution is 2.18. The summed E-state index contributed by atoms with van der Waals surface area (Å²) in [4.78, 5) is 37.3. The third kappa shape index (κ3) is 6.02. The van der Waals surface area contributed by atoms with E-state index in [0.29, 0.717) is 11.3 Å². The maximum atomic E-state index is 12.5. The molecule has 2 amide bonds. The molecule has 3 rings (SSSR count). The highest BCUT2D eigenvalue weighted by atomic mass is 16.5. The number of hydrogen-bond donors (Lipinski definition) is 2. The molecule has 1 unspecified atom stereocenters. The maximum absolute atomic E-state index is 12.5. The lowest BCUT2D eigenvalue weighted by Gasteiger charge is -2.15. The standard InChI is InChI=1S/C25H24N2O4/c1-17-9-8-12-20(15-17)24(29)27-22-14-7-6-13-21(22)25(30)31-16-23(28)26-18(2)19-10-4-3-5-11-19/h3-15,18H,16H2,1-2H3,(H,26,28)(H,27,29). The zero-order chi connectivity index (χ0) is 22.2. The van der Waals surface area contributed by atoms with Crippen LogP contribution in [0.2, 0.25) is 0 Å². The molecule has 31 heavy (non-hydrogen) atoms. The second kappa shape index (κ2) is 10.2. The van der Waals surface area contributed by atoms with Crippen LogP contribution in [0.25, 0.3) is 0 Å². The molecule has 0 radical (unpaired) electrons. The summed E-state index contributed by atoms with van der Waals surface area (Å²) in [6.45, 7) is 3.33. The van der Waals surface area contributed by atoms with Crippen molar-refractivity contribution in [2.45, 2.75) is 19.9 Å². The summed E-state index contributed by atoms with van der Waals surface area (Å²) in [5, 5.41) is 5.53. The van der Waals surface area contributed by atoms with E-state index >= 15 is 0 Å². The van der Waals surface area contributed by atoms with Crippen molar-refractivity contribution in [3.05, 3.63) is 101 Å². The van der Waals surface area contributed by atoms with Crippen LogP contribution in [-0.4, -0.2) is 24.4 Å². The van der Waals surface area contributed by atoms with Gasteiger partial charge < -0.3 is 15.4 Å². The van der Waals surface area contributed by atoms with Crippen LogP contribution in [0.3, 0.4) is 0 Å². The Labute approximate surface area is 181 Å². The Morgan fingerprint density at radius 1 is 0.903 bits per heavy atom. The molecule has 1 atom stereocenters. The van der Waals surface area contributed by atoms with Gasteiger partial charge in [0.25, 0.3) is 11.8 Å². The first-order chi connectivity index (χ1) is 14.9. The molecule has 2 N–H and O–H groups in total. The Kier molecular flexibility index (Phi) is 7.17. The molecular formula is C25H24N2O4. The molecule has 0 aliphatic carbocycles. The Balaban J connectivity index is 1.60. The van der Waals surface area contributed by atoms with Gasteiger partial charge in [0.05, 0.1) is 17.3 Å². The molecule has 0 saturated heterocycles. The van der Waals surface area contributed by atoms with Gasteiger partial charge in [-0.15, -0.1) is 0 Å². The number of rotatable bonds is 7. The van der Waals surface area contributed by atoms with E-state index in [-0.39, 0.29) is 17.5 Å². The number of hydrogen-bond acceptors (Lipinski definition) is 4. The zero-order valence-electron chi connectivity index (χ0n) is 17.4. The van der Waals surface area contributed by atoms with Gasteiger partial charge in [-0.3, -0.25) is 9.59 Å². The summed E-state index contributed by atoms with van der Waals surface area (Å²) in [6.07, 6.45) is 0. The Hall–Kier alpha value is -3.93. The second-order valence-corrected chi connectivity index (χ2v) is 7.15. The monoisotopic (exact) mass is 416 g/mol. The molecule has 0 aliphatic heterocycles. The van der Waals surface area contributed by atoms with Crippen LogP contribution in [0, 0.1) is 6.92 Å². The van der Waals surface area contributed by atoms with E-state index < -0.39 is 18.5 Å². The van der Waals surface area contributed by atoms with E-state index in [1.807, 2.05) is 50.2 Å². The van der Waals surface area contributed by atoms with Crippen LogP contribution >= 0.6 is 0 Å². The van der Waals surface area contributed by atoms with Gasteiger partial charge in [0.2, 0.25) is 0 Å². The number of amides is 2. The van der Waals surface area contributed by atoms with Gasteiger partial charge in [0.15, 0.2) is 6.61 Å². The van der Waals surface area contributed by atoms with E-state index in [0.717, 1.165) is 11.1 Å². The van der Waals surface area contributed by atoms with Gasteiger partial charge in [-0.05, 0) is 43.7 Å². The fraction of sp³-hybridized carbons (Fsp3) is 0.160. The minimum atomic E-state index is -0.692. The molecule has 0 heterocycles. The quantitative estimate of drug-likeness (QED) is 0.563. The van der Waals surface area contributed by atoms with Crippen LogP contribution in [-0.2, 0) is 9.53 Å². The molecular weight excluding hydrogens is 392 g/mol. The van der Waals surface area contributed by atoms with Gasteiger partial charge in [-0.1, -0.05) is 60.2 Å². The minimum absolute atomic E-state index is 0.174. The van der Waals surface area contributed by atoms with Gasteiger partial charge >= 0.3 is 5.97 Å². The number of benzene rings is 3. The van der Waals surface area contributed by atoms with Gasteiger partial charge in [0.1, 0.15) is 0 Å². The van der Waals surface area contributed by atoms with Crippen molar-refractivity contribution in [1.29, 1.82) is 0 Å². The summed E-state index contributed by atoms with van der Waals surface area (Å²) in [5.41, 5.74) is 2.88. The predicted molar refractivity (Wildman–Crippen MR) is 119 cm³/mol. The minimum Gasteiger partial charge on any atom is -0.452 e. The second-order valence-electron chi connectivity index (χ2n) is 7.15. The van der Waals surface area contributed by atoms with E-state index in [1.54, 1.807) is 42.5 Å². The molecule has 0 saturated carbocycles. The number of nitrogens with one attached hydrogen (secondary N) is 2. The summed E-state index contributed by atoms with van der Waals surface area (Å²) < 4.78 is 5.17. The summed E-state index contributed by atoms with van der Waals surface area (Å²) in [7, 11) is 0. The highest BCUT2D eigenvalue weighted by molar-refractivity contribution is 6.08. The summed E-state index contributed by atoms with van der Waals surface area (Å²) in [5.74, 6) is -1.44. The maximum Gasteiger partial charge on any atom is 0.340 e. The zero-order valence-corrected chi connectivity index (χ0v) is 17.4. The number of carbonyl (C=O) groups excluding carboxylic acids is 3. The number of para-hydroxylation sites is 1. The van der Waals surface area contributed by atoms with Crippen molar-refractivity contribution in [2.75, 3.05) is 11.9 Å². The number of aryl methyl sites for hydroxylation is 1. The van der Waals surface area contributed by atoms with Crippen LogP contribution in [0.4, 0.5) is 5.69 Å². The van der Waals surface area contributed by atoms with E-state index in [4.69, 9.17) is 4.74 Å². The van der Waals surface area contributed by atoms with Gasteiger partial charge in [0, 0.05) is 5.56 Å². The first kappa shape index (κ1) is 21.8. The largest absolute Gasteiger partial charge is 0.452 e. The number of ether oxygens (including phenoxy) is 1. The molecule has 6 heteroatoms. The molecule has 0 aliphatic rings. The third-order valence-corrected chi connectivity index (χ3v) is 4.69. The third-order valence-electron chi connectivity index (χ3n) is 4.69. The average Bonchev–Trinajstić information content (AvgIpc) is 2.78. The van der Waals surface area contributed by atoms with Crippen molar-refractivity contribution in [3.63, 3.8) is 0 Å². The van der Waals surface area contributed by atoms with Crippen molar-refractivity contribution in [1.82, 2.24) is 5.32 Å². The molecule has 158 valence electrons. The molecule has 0 bridgehead atoms. The van der Waals surface area contributed by atoms with Crippen LogP contribution in [0.1, 0.15) is 44.8 Å². The first-order valence-electron chi connectivity index (χ1n) is 9.92. The molecule has 0 fully saturated rings. The molecule has 0 aromatic heterocycles. The highest BCUT2D eigenvalue weighted by Gasteiger charge is 2.17. The van der Waals surface area contributed by atoms with Crippen LogP contribution in [0.15, 0.2) is 78.9 Å². The summed E-state index contributed by atoms with van der Waals surface area (Å²) in [6, 6.07) is 22.9. The average molecular weight is 416 g/mol. The molecule has 0 spiro atoms. The van der Waals surface area contributed by atoms with E-state index in [9.17, 15) is 14.4 Å². The van der Waals surface area contributed by atoms with Crippen LogP contribution < -0.4 is 10.6 Å². The van der Waals surface area contributed by atoms with Gasteiger partial charge in [-0.25, -0.2) is 4.79 Å². The van der Waals surface area contributed by atoms with Crippen molar-refractivity contribution < 1.29 is 19.1 Å². The normalized spacial score (nSPS) is 11.3. The predicted octanol–water partition coefficient (Wildman–Crippen LogP) is 4.28. The topological polar surface area (TPSA) is 84.5 Å². The number of carbonyl (C=O) groups is 3. The number of esters is 1. The fourth-order valence-corrected chi connectivity index (χ4v) is 3.07. The Bertz CT molecular complexity index is 1080. The van der Waals surface area contributed by atoms with Crippen molar-refractivity contribution >= 4 is 23.5 Å². The fourth-order valence-electron chi connectivity index (χ4n) is 3.07. The van der Waals surface area contributed by atoms with E-state index in [1.165, 1.54) is 0 Å². The van der Waals surface area contributed by atoms with Gasteiger partial charge in [-0.2, -0.15) is 0 Å². The number of anilines is 1. The SMILES string of the molecule is Cc1cccc(C(=O)Nc2ccccc2C(=O)OCC(=O)NC(C)c2ccccc2)c1. The Morgan fingerprint density at radius 2 is 1.61 bits per heavy atom. The van der Waals surface area contributed by atoms with E-state index in [2.05, 4.69) is 10.6 Å². The molecule has 3 aromatic rings. The van der Waals surface area contributed by atoms with Crippen LogP contribution in [0.5, 0.6) is 0 Å². The molecule has 3 aromatic carbocycles. The molecule has 6 nitrogen and oxygen atoms in total. The summed E-state index contributed by atoms with van der Waals surface area (Å²) >= 11 is 0. The smallest absolute Gasteiger partial charge is 0.340 e. The lowest BCUT2D eigenvalue weighted by atomic mass is 10.1. The Morgan fingerprint density at radius 3 is 2.35 bits per heavy atom.